The molecule has 1 N–H and O–H groups in total. The minimum absolute atomic E-state index is 0.497. The maximum absolute atomic E-state index is 6.12. The molecule has 6 heteroatoms. The van der Waals surface area contributed by atoms with Crippen molar-refractivity contribution in [1.82, 2.24) is 15.1 Å². The zero-order valence-electron chi connectivity index (χ0n) is 11.3. The molecule has 0 aliphatic carbocycles. The summed E-state index contributed by atoms with van der Waals surface area (Å²) in [7, 11) is 0. The fourth-order valence-corrected chi connectivity index (χ4v) is 1.90. The number of aromatic nitrogens is 3. The predicted octanol–water partition coefficient (Wildman–Crippen LogP) is 3.30. The van der Waals surface area contributed by atoms with Crippen molar-refractivity contribution in [1.29, 1.82) is 0 Å². The lowest BCUT2D eigenvalue weighted by Gasteiger charge is -2.10. The quantitative estimate of drug-likeness (QED) is 0.852. The summed E-state index contributed by atoms with van der Waals surface area (Å²) in [6.45, 7) is 6.40. The molecular formula is C13H17ClN4O. The highest BCUT2D eigenvalue weighted by molar-refractivity contribution is 6.30. The van der Waals surface area contributed by atoms with Gasteiger partial charge in [0.1, 0.15) is 28.2 Å². The summed E-state index contributed by atoms with van der Waals surface area (Å²) in [4.78, 5) is 8.74. The maximum atomic E-state index is 6.12. The van der Waals surface area contributed by atoms with E-state index in [0.717, 1.165) is 41.5 Å². The van der Waals surface area contributed by atoms with Crippen LogP contribution < -0.4 is 5.32 Å². The average molecular weight is 281 g/mol. The van der Waals surface area contributed by atoms with Crippen LogP contribution in [0.2, 0.25) is 5.15 Å². The van der Waals surface area contributed by atoms with Crippen molar-refractivity contribution in [3.8, 4) is 0 Å². The van der Waals surface area contributed by atoms with E-state index in [0.29, 0.717) is 11.7 Å². The van der Waals surface area contributed by atoms with E-state index in [9.17, 15) is 0 Å². The van der Waals surface area contributed by atoms with Crippen LogP contribution in [0.15, 0.2) is 10.6 Å². The number of aryl methyl sites for hydroxylation is 2. The Kier molecular flexibility index (Phi) is 4.37. The Morgan fingerprint density at radius 2 is 2.11 bits per heavy atom. The molecule has 0 aliphatic heterocycles. The largest absolute Gasteiger partial charge is 0.364 e. The van der Waals surface area contributed by atoms with Crippen molar-refractivity contribution >= 4 is 17.4 Å². The van der Waals surface area contributed by atoms with E-state index >= 15 is 0 Å². The molecule has 0 bridgehead atoms. The molecular weight excluding hydrogens is 264 g/mol. The number of hydrogen-bond donors (Lipinski definition) is 1. The Hall–Kier alpha value is -1.62. The van der Waals surface area contributed by atoms with Gasteiger partial charge in [-0.3, -0.25) is 0 Å². The molecule has 19 heavy (non-hydrogen) atoms. The molecule has 0 spiro atoms. The fourth-order valence-electron chi connectivity index (χ4n) is 1.72. The van der Waals surface area contributed by atoms with E-state index in [2.05, 4.69) is 27.4 Å². The Bertz CT molecular complexity index is 568. The second kappa shape index (κ2) is 6.02. The normalized spacial score (nSPS) is 10.7. The van der Waals surface area contributed by atoms with Gasteiger partial charge < -0.3 is 9.84 Å². The first-order valence-electron chi connectivity index (χ1n) is 6.29. The van der Waals surface area contributed by atoms with Crippen molar-refractivity contribution in [2.45, 2.75) is 40.2 Å². The summed E-state index contributed by atoms with van der Waals surface area (Å²) in [6.07, 6.45) is 1.80. The molecule has 0 atom stereocenters. The van der Waals surface area contributed by atoms with Gasteiger partial charge in [0.05, 0.1) is 6.54 Å². The van der Waals surface area contributed by atoms with E-state index in [1.807, 2.05) is 19.9 Å². The maximum Gasteiger partial charge on any atom is 0.137 e. The van der Waals surface area contributed by atoms with Gasteiger partial charge in [0.25, 0.3) is 0 Å². The van der Waals surface area contributed by atoms with Crippen molar-refractivity contribution in [2.24, 2.45) is 0 Å². The van der Waals surface area contributed by atoms with Gasteiger partial charge in [0.15, 0.2) is 0 Å². The van der Waals surface area contributed by atoms with Crippen molar-refractivity contribution in [2.75, 3.05) is 5.32 Å². The van der Waals surface area contributed by atoms with Crippen LogP contribution in [0.25, 0.3) is 0 Å². The van der Waals surface area contributed by atoms with Crippen LogP contribution in [-0.2, 0) is 13.0 Å². The van der Waals surface area contributed by atoms with Gasteiger partial charge in [0, 0.05) is 18.1 Å². The molecule has 5 nitrogen and oxygen atoms in total. The van der Waals surface area contributed by atoms with Gasteiger partial charge in [-0.15, -0.1) is 0 Å². The van der Waals surface area contributed by atoms with Crippen molar-refractivity contribution in [3.63, 3.8) is 0 Å². The van der Waals surface area contributed by atoms with Gasteiger partial charge in [-0.25, -0.2) is 9.97 Å². The van der Waals surface area contributed by atoms with Crippen LogP contribution in [0.4, 0.5) is 5.82 Å². The lowest BCUT2D eigenvalue weighted by atomic mass is 10.3. The number of rotatable bonds is 5. The molecule has 0 aliphatic rings. The zero-order valence-corrected chi connectivity index (χ0v) is 12.1. The van der Waals surface area contributed by atoms with Gasteiger partial charge in [-0.05, 0) is 20.3 Å². The number of anilines is 1. The Morgan fingerprint density at radius 1 is 1.32 bits per heavy atom. The van der Waals surface area contributed by atoms with Crippen LogP contribution in [0, 0.1) is 13.8 Å². The highest BCUT2D eigenvalue weighted by Gasteiger charge is 2.09. The second-order valence-electron chi connectivity index (χ2n) is 4.44. The summed E-state index contributed by atoms with van der Waals surface area (Å²) in [5.74, 6) is 2.31. The van der Waals surface area contributed by atoms with Gasteiger partial charge >= 0.3 is 0 Å². The summed E-state index contributed by atoms with van der Waals surface area (Å²) in [6, 6.07) is 1.89. The summed E-state index contributed by atoms with van der Waals surface area (Å²) in [5, 5.41) is 7.65. The molecule has 0 fully saturated rings. The van der Waals surface area contributed by atoms with E-state index in [4.69, 9.17) is 16.1 Å². The average Bonchev–Trinajstić information content (AvgIpc) is 2.78. The van der Waals surface area contributed by atoms with E-state index < -0.39 is 0 Å². The molecule has 2 rings (SSSR count). The van der Waals surface area contributed by atoms with E-state index in [1.165, 1.54) is 0 Å². The number of halogens is 1. The number of hydrogen-bond acceptors (Lipinski definition) is 5. The number of nitrogens with zero attached hydrogens (tertiary/aromatic N) is 3. The summed E-state index contributed by atoms with van der Waals surface area (Å²) >= 11 is 6.12. The zero-order chi connectivity index (χ0) is 13.8. The molecule has 0 unspecified atom stereocenters. The first kappa shape index (κ1) is 13.8. The molecule has 2 aromatic heterocycles. The summed E-state index contributed by atoms with van der Waals surface area (Å²) in [5.41, 5.74) is 1.69. The first-order chi connectivity index (χ1) is 9.10. The lowest BCUT2D eigenvalue weighted by molar-refractivity contribution is 0.391. The molecule has 0 saturated carbocycles. The van der Waals surface area contributed by atoms with Crippen molar-refractivity contribution in [3.05, 3.63) is 34.1 Å². The topological polar surface area (TPSA) is 63.8 Å². The SMILES string of the molecule is CCCc1nc(Cl)c(C)c(NCc2cc(C)on2)n1. The fraction of sp³-hybridized carbons (Fsp3) is 0.462. The molecule has 0 amide bonds. The monoisotopic (exact) mass is 280 g/mol. The minimum atomic E-state index is 0.497. The summed E-state index contributed by atoms with van der Waals surface area (Å²) < 4.78 is 5.02. The Labute approximate surface area is 117 Å². The van der Waals surface area contributed by atoms with Crippen LogP contribution in [0.1, 0.15) is 36.2 Å². The standard InChI is InChI=1S/C13H17ClN4O/c1-4-5-11-16-12(14)9(3)13(17-11)15-7-10-6-8(2)19-18-10/h6H,4-5,7H2,1-3H3,(H,15,16,17). The highest BCUT2D eigenvalue weighted by Crippen LogP contribution is 2.21. The first-order valence-corrected chi connectivity index (χ1v) is 6.67. The smallest absolute Gasteiger partial charge is 0.137 e. The van der Waals surface area contributed by atoms with E-state index in [1.54, 1.807) is 0 Å². The number of nitrogens with one attached hydrogen (secondary N) is 1. The third-order valence-corrected chi connectivity index (χ3v) is 3.09. The molecule has 0 aromatic carbocycles. The molecule has 0 radical (unpaired) electrons. The Morgan fingerprint density at radius 3 is 2.74 bits per heavy atom. The van der Waals surface area contributed by atoms with Crippen LogP contribution >= 0.6 is 11.6 Å². The van der Waals surface area contributed by atoms with Crippen LogP contribution in [0.5, 0.6) is 0 Å². The molecule has 0 saturated heterocycles. The van der Waals surface area contributed by atoms with Gasteiger partial charge in [-0.2, -0.15) is 0 Å². The molecule has 2 aromatic rings. The van der Waals surface area contributed by atoms with Crippen molar-refractivity contribution < 1.29 is 4.52 Å². The molecule has 102 valence electrons. The predicted molar refractivity (Wildman–Crippen MR) is 74.3 cm³/mol. The third-order valence-electron chi connectivity index (χ3n) is 2.72. The lowest BCUT2D eigenvalue weighted by Crippen LogP contribution is -2.07. The minimum Gasteiger partial charge on any atom is -0.364 e. The van der Waals surface area contributed by atoms with Gasteiger partial charge in [0.2, 0.25) is 0 Å². The second-order valence-corrected chi connectivity index (χ2v) is 4.79. The van der Waals surface area contributed by atoms with Gasteiger partial charge in [-0.1, -0.05) is 23.7 Å². The Balaban J connectivity index is 2.14. The third kappa shape index (κ3) is 3.44. The highest BCUT2D eigenvalue weighted by atomic mass is 35.5. The van der Waals surface area contributed by atoms with Crippen LogP contribution in [-0.4, -0.2) is 15.1 Å². The molecule has 2 heterocycles. The van der Waals surface area contributed by atoms with Crippen LogP contribution in [0.3, 0.4) is 0 Å². The van der Waals surface area contributed by atoms with E-state index in [-0.39, 0.29) is 0 Å².